The number of carbonyl (C=O) groups excluding carboxylic acids is 2. The smallest absolute Gasteiger partial charge is 0.203 e. The third-order valence-electron chi connectivity index (χ3n) is 3.77. The number of thioether (sulfide) groups is 2. The number of hydrogen-bond donors (Lipinski definition) is 0. The number of aryl methyl sites for hydroxylation is 1. The van der Waals surface area contributed by atoms with Gasteiger partial charge in [-0.2, -0.15) is 0 Å². The van der Waals surface area contributed by atoms with Gasteiger partial charge in [0.1, 0.15) is 0 Å². The number of Topliss-reactive ketones (excluding diaryl/α,β-unsaturated/α-hetero) is 2. The molecule has 0 amide bonds. The van der Waals surface area contributed by atoms with Crippen molar-refractivity contribution in [3.63, 3.8) is 0 Å². The molecule has 0 unspecified atom stereocenters. The van der Waals surface area contributed by atoms with Crippen molar-refractivity contribution in [1.29, 1.82) is 0 Å². The van der Waals surface area contributed by atoms with E-state index >= 15 is 0 Å². The molecule has 0 radical (unpaired) electrons. The van der Waals surface area contributed by atoms with Crippen LogP contribution in [0.25, 0.3) is 0 Å². The monoisotopic (exact) mass is 378 g/mol. The predicted molar refractivity (Wildman–Crippen MR) is 95.0 cm³/mol. The number of hydrogen-bond acceptors (Lipinski definition) is 4. The highest BCUT2D eigenvalue weighted by Crippen LogP contribution is 2.52. The molecule has 0 saturated carbocycles. The number of benzene rings is 2. The van der Waals surface area contributed by atoms with Gasteiger partial charge in [0.15, 0.2) is 0 Å². The van der Waals surface area contributed by atoms with Crippen LogP contribution in [0.4, 0.5) is 0 Å². The summed E-state index contributed by atoms with van der Waals surface area (Å²) in [7, 11) is 0. The Labute approximate surface area is 151 Å². The third kappa shape index (κ3) is 2.20. The Balaban J connectivity index is 1.88. The summed E-state index contributed by atoms with van der Waals surface area (Å²) in [5.74, 6) is -0.369. The zero-order chi connectivity index (χ0) is 16.3. The fourth-order valence-corrected chi connectivity index (χ4v) is 5.68. The Morgan fingerprint density at radius 3 is 2.17 bits per heavy atom. The minimum absolute atomic E-state index is 0.182. The zero-order valence-corrected chi connectivity index (χ0v) is 14.9. The van der Waals surface area contributed by atoms with Gasteiger partial charge in [-0.25, -0.2) is 0 Å². The first-order valence-electron chi connectivity index (χ1n) is 6.76. The fraction of sp³-hybridized carbons (Fsp3) is 0.0588. The summed E-state index contributed by atoms with van der Waals surface area (Å²) in [4.78, 5) is 28.0. The molecule has 0 spiro atoms. The molecule has 2 aromatic carbocycles. The summed E-state index contributed by atoms with van der Waals surface area (Å²) in [5.41, 5.74) is 1.95. The van der Waals surface area contributed by atoms with Crippen LogP contribution in [0, 0.1) is 6.92 Å². The predicted octanol–water partition coefficient (Wildman–Crippen LogP) is 5.79. The first-order valence-corrected chi connectivity index (χ1v) is 9.15. The lowest BCUT2D eigenvalue weighted by Gasteiger charge is -2.01. The van der Waals surface area contributed by atoms with Crippen LogP contribution < -0.4 is 0 Å². The molecule has 2 aliphatic rings. The van der Waals surface area contributed by atoms with E-state index in [4.69, 9.17) is 23.2 Å². The van der Waals surface area contributed by atoms with Crippen molar-refractivity contribution in [2.75, 3.05) is 0 Å². The standard InChI is InChI=1S/C17H8Cl2O2S2/c1-7-5-6-9(19)12-14(21)17(23-15(7)12)16-13(20)11-8(18)3-2-4-10(11)22-16/h2-6H,1H3/b17-16+. The molecule has 4 rings (SSSR count). The van der Waals surface area contributed by atoms with E-state index in [0.29, 0.717) is 31.0 Å². The van der Waals surface area contributed by atoms with E-state index in [2.05, 4.69) is 0 Å². The average molecular weight is 379 g/mol. The van der Waals surface area contributed by atoms with E-state index in [1.165, 1.54) is 23.5 Å². The van der Waals surface area contributed by atoms with Gasteiger partial charge in [-0.3, -0.25) is 9.59 Å². The molecule has 114 valence electrons. The molecule has 6 heteroatoms. The van der Waals surface area contributed by atoms with Crippen LogP contribution in [0.1, 0.15) is 26.3 Å². The average Bonchev–Trinajstić information content (AvgIpc) is 3.03. The topological polar surface area (TPSA) is 34.1 Å². The van der Waals surface area contributed by atoms with Crippen LogP contribution in [0.3, 0.4) is 0 Å². The number of halogens is 2. The molecule has 0 N–H and O–H groups in total. The van der Waals surface area contributed by atoms with Gasteiger partial charge in [-0.05, 0) is 30.7 Å². The summed E-state index contributed by atoms with van der Waals surface area (Å²) in [5, 5.41) is 0.836. The number of rotatable bonds is 0. The third-order valence-corrected chi connectivity index (χ3v) is 7.00. The van der Waals surface area contributed by atoms with E-state index in [0.717, 1.165) is 15.4 Å². The second-order valence-corrected chi connectivity index (χ2v) is 8.09. The van der Waals surface area contributed by atoms with E-state index in [1.807, 2.05) is 19.1 Å². The second kappa shape index (κ2) is 5.42. The molecule has 0 fully saturated rings. The molecule has 0 aromatic heterocycles. The molecule has 2 aromatic rings. The van der Waals surface area contributed by atoms with Crippen LogP contribution >= 0.6 is 46.7 Å². The van der Waals surface area contributed by atoms with Crippen LogP contribution in [-0.2, 0) is 0 Å². The molecule has 0 saturated heterocycles. The Bertz CT molecular complexity index is 948. The lowest BCUT2D eigenvalue weighted by atomic mass is 10.1. The minimum Gasteiger partial charge on any atom is -0.288 e. The second-order valence-electron chi connectivity index (χ2n) is 5.20. The van der Waals surface area contributed by atoms with Crippen molar-refractivity contribution in [1.82, 2.24) is 0 Å². The van der Waals surface area contributed by atoms with Crippen molar-refractivity contribution in [3.8, 4) is 0 Å². The Kier molecular flexibility index (Phi) is 3.61. The molecule has 0 atom stereocenters. The molecule has 0 bridgehead atoms. The van der Waals surface area contributed by atoms with Crippen molar-refractivity contribution in [2.24, 2.45) is 0 Å². The summed E-state index contributed by atoms with van der Waals surface area (Å²) in [6.07, 6.45) is 0. The van der Waals surface area contributed by atoms with Gasteiger partial charge < -0.3 is 0 Å². The summed E-state index contributed by atoms with van der Waals surface area (Å²) in [6, 6.07) is 8.92. The van der Waals surface area contributed by atoms with Crippen LogP contribution in [0.15, 0.2) is 49.9 Å². The van der Waals surface area contributed by atoms with Gasteiger partial charge >= 0.3 is 0 Å². The molecule has 2 heterocycles. The number of carbonyl (C=O) groups is 2. The maximum atomic E-state index is 12.8. The van der Waals surface area contributed by atoms with E-state index < -0.39 is 0 Å². The highest BCUT2D eigenvalue weighted by molar-refractivity contribution is 8.08. The number of fused-ring (bicyclic) bond motifs is 2. The van der Waals surface area contributed by atoms with Crippen molar-refractivity contribution >= 4 is 58.3 Å². The van der Waals surface area contributed by atoms with Crippen LogP contribution in [0.5, 0.6) is 0 Å². The van der Waals surface area contributed by atoms with Crippen LogP contribution in [-0.4, -0.2) is 11.6 Å². The first-order chi connectivity index (χ1) is 11.0. The fourth-order valence-electron chi connectivity index (χ4n) is 2.65. The number of ketones is 2. The van der Waals surface area contributed by atoms with Gasteiger partial charge in [0.25, 0.3) is 0 Å². The largest absolute Gasteiger partial charge is 0.288 e. The molecule has 2 aliphatic heterocycles. The summed E-state index contributed by atoms with van der Waals surface area (Å²) in [6.45, 7) is 1.93. The Hall–Kier alpha value is -1.20. The summed E-state index contributed by atoms with van der Waals surface area (Å²) >= 11 is 15.0. The van der Waals surface area contributed by atoms with Crippen LogP contribution in [0.2, 0.25) is 10.0 Å². The molecular weight excluding hydrogens is 371 g/mol. The van der Waals surface area contributed by atoms with Gasteiger partial charge in [-0.1, -0.05) is 58.9 Å². The van der Waals surface area contributed by atoms with E-state index in [-0.39, 0.29) is 11.6 Å². The van der Waals surface area contributed by atoms with Crippen molar-refractivity contribution < 1.29 is 9.59 Å². The molecule has 2 nitrogen and oxygen atoms in total. The van der Waals surface area contributed by atoms with Gasteiger partial charge in [0, 0.05) is 9.79 Å². The number of allylic oxidation sites excluding steroid dienone is 2. The lowest BCUT2D eigenvalue weighted by Crippen LogP contribution is -2.03. The SMILES string of the molecule is Cc1ccc(Cl)c2c1S/C(=C1/Sc3cccc(Cl)c3C1=O)C2=O. The van der Waals surface area contributed by atoms with Crippen molar-refractivity contribution in [3.05, 3.63) is 66.9 Å². The maximum Gasteiger partial charge on any atom is 0.203 e. The normalized spacial score (nSPS) is 19.3. The Morgan fingerprint density at radius 1 is 0.826 bits per heavy atom. The highest BCUT2D eigenvalue weighted by atomic mass is 35.5. The highest BCUT2D eigenvalue weighted by Gasteiger charge is 2.38. The van der Waals surface area contributed by atoms with E-state index in [1.54, 1.807) is 18.2 Å². The molecule has 23 heavy (non-hydrogen) atoms. The zero-order valence-electron chi connectivity index (χ0n) is 11.8. The quantitative estimate of drug-likeness (QED) is 0.543. The first kappa shape index (κ1) is 15.3. The Morgan fingerprint density at radius 2 is 1.48 bits per heavy atom. The van der Waals surface area contributed by atoms with Gasteiger partial charge in [0.2, 0.25) is 11.6 Å². The van der Waals surface area contributed by atoms with Gasteiger partial charge in [-0.15, -0.1) is 0 Å². The minimum atomic E-state index is -0.187. The van der Waals surface area contributed by atoms with E-state index in [9.17, 15) is 9.59 Å². The lowest BCUT2D eigenvalue weighted by molar-refractivity contribution is 0.101. The van der Waals surface area contributed by atoms with Crippen molar-refractivity contribution in [2.45, 2.75) is 16.7 Å². The maximum absolute atomic E-state index is 12.8. The molecule has 0 aliphatic carbocycles. The van der Waals surface area contributed by atoms with Gasteiger partial charge in [0.05, 0.1) is 31.0 Å². The summed E-state index contributed by atoms with van der Waals surface area (Å²) < 4.78 is 0. The molecular formula is C17H8Cl2O2S2.